The average Bonchev–Trinajstić information content (AvgIpc) is 2.94. The van der Waals surface area contributed by atoms with E-state index in [1.165, 1.54) is 11.3 Å². The summed E-state index contributed by atoms with van der Waals surface area (Å²) in [6.45, 7) is 4.79. The van der Waals surface area contributed by atoms with Crippen LogP contribution in [-0.2, 0) is 0 Å². The maximum Gasteiger partial charge on any atom is 0.273 e. The van der Waals surface area contributed by atoms with Gasteiger partial charge in [0, 0.05) is 24.0 Å². The lowest BCUT2D eigenvalue weighted by Crippen LogP contribution is -2.33. The molecule has 0 fully saturated rings. The van der Waals surface area contributed by atoms with Crippen LogP contribution in [0.4, 0.5) is 0 Å². The number of benzene rings is 1. The van der Waals surface area contributed by atoms with E-state index in [0.717, 1.165) is 16.1 Å². The number of carbonyl (C=O) groups excluding carboxylic acids is 1. The van der Waals surface area contributed by atoms with E-state index in [9.17, 15) is 4.79 Å². The highest BCUT2D eigenvalue weighted by molar-refractivity contribution is 7.13. The van der Waals surface area contributed by atoms with Gasteiger partial charge in [0.1, 0.15) is 10.7 Å². The Labute approximate surface area is 122 Å². The van der Waals surface area contributed by atoms with Crippen molar-refractivity contribution < 1.29 is 9.90 Å². The Kier molecular flexibility index (Phi) is 4.87. The first kappa shape index (κ1) is 14.7. The third kappa shape index (κ3) is 3.05. The minimum Gasteiger partial charge on any atom is -0.395 e. The topological polar surface area (TPSA) is 53.4 Å². The molecule has 5 heteroatoms. The lowest BCUT2D eigenvalue weighted by atomic mass is 10.1. The van der Waals surface area contributed by atoms with E-state index in [1.807, 2.05) is 38.1 Å². The molecular formula is C15H18N2O2S. The fourth-order valence-corrected chi connectivity index (χ4v) is 2.88. The van der Waals surface area contributed by atoms with Crippen LogP contribution in [0.3, 0.4) is 0 Å². The van der Waals surface area contributed by atoms with Gasteiger partial charge in [-0.1, -0.05) is 24.3 Å². The van der Waals surface area contributed by atoms with Crippen LogP contribution < -0.4 is 0 Å². The number of likely N-dealkylation sites (N-methyl/N-ethyl adjacent to an activating group) is 1. The lowest BCUT2D eigenvalue weighted by Gasteiger charge is -2.18. The van der Waals surface area contributed by atoms with Crippen molar-refractivity contribution in [3.05, 3.63) is 40.9 Å². The molecule has 106 valence electrons. The summed E-state index contributed by atoms with van der Waals surface area (Å²) < 4.78 is 0. The van der Waals surface area contributed by atoms with Crippen molar-refractivity contribution >= 4 is 17.2 Å². The zero-order valence-corrected chi connectivity index (χ0v) is 12.5. The van der Waals surface area contributed by atoms with Crippen molar-refractivity contribution in [1.82, 2.24) is 9.88 Å². The van der Waals surface area contributed by atoms with E-state index in [4.69, 9.17) is 5.11 Å². The molecule has 0 aliphatic rings. The summed E-state index contributed by atoms with van der Waals surface area (Å²) in [6.07, 6.45) is 0. The van der Waals surface area contributed by atoms with E-state index in [0.29, 0.717) is 18.8 Å². The monoisotopic (exact) mass is 290 g/mol. The largest absolute Gasteiger partial charge is 0.395 e. The quantitative estimate of drug-likeness (QED) is 0.921. The molecule has 1 aromatic heterocycles. The molecule has 0 saturated carbocycles. The summed E-state index contributed by atoms with van der Waals surface area (Å²) in [6, 6.07) is 7.99. The second-order valence-electron chi connectivity index (χ2n) is 4.46. The predicted octanol–water partition coefficient (Wildman–Crippen LogP) is 2.57. The van der Waals surface area contributed by atoms with E-state index in [1.54, 1.807) is 10.3 Å². The van der Waals surface area contributed by atoms with Crippen LogP contribution >= 0.6 is 11.3 Å². The van der Waals surface area contributed by atoms with Crippen molar-refractivity contribution in [3.8, 4) is 10.6 Å². The highest BCUT2D eigenvalue weighted by Gasteiger charge is 2.17. The van der Waals surface area contributed by atoms with Crippen molar-refractivity contribution in [2.24, 2.45) is 0 Å². The molecule has 20 heavy (non-hydrogen) atoms. The van der Waals surface area contributed by atoms with Gasteiger partial charge in [0.2, 0.25) is 0 Å². The number of aromatic nitrogens is 1. The second kappa shape index (κ2) is 6.63. The Balaban J connectivity index is 2.25. The van der Waals surface area contributed by atoms with Crippen molar-refractivity contribution in [2.45, 2.75) is 13.8 Å². The molecule has 0 unspecified atom stereocenters. The number of aliphatic hydroxyl groups excluding tert-OH is 1. The van der Waals surface area contributed by atoms with Gasteiger partial charge in [0.05, 0.1) is 6.61 Å². The zero-order chi connectivity index (χ0) is 14.5. The first-order valence-electron chi connectivity index (χ1n) is 6.59. The molecule has 0 bridgehead atoms. The SMILES string of the molecule is CCN(CCO)C(=O)c1csc(-c2ccccc2C)n1. The number of hydrogen-bond acceptors (Lipinski definition) is 4. The Morgan fingerprint density at radius 2 is 2.15 bits per heavy atom. The third-order valence-corrected chi connectivity index (χ3v) is 4.01. The number of nitrogens with zero attached hydrogens (tertiary/aromatic N) is 2. The van der Waals surface area contributed by atoms with Gasteiger partial charge in [-0.3, -0.25) is 4.79 Å². The molecule has 2 aromatic rings. The van der Waals surface area contributed by atoms with Gasteiger partial charge in [-0.2, -0.15) is 0 Å². The summed E-state index contributed by atoms with van der Waals surface area (Å²) in [5.74, 6) is -0.127. The Morgan fingerprint density at radius 1 is 1.40 bits per heavy atom. The Morgan fingerprint density at radius 3 is 2.80 bits per heavy atom. The van der Waals surface area contributed by atoms with Gasteiger partial charge in [0.25, 0.3) is 5.91 Å². The first-order valence-corrected chi connectivity index (χ1v) is 7.47. The van der Waals surface area contributed by atoms with Gasteiger partial charge in [-0.15, -0.1) is 11.3 Å². The van der Waals surface area contributed by atoms with Crippen LogP contribution in [0, 0.1) is 6.92 Å². The molecule has 1 N–H and O–H groups in total. The highest BCUT2D eigenvalue weighted by atomic mass is 32.1. The van der Waals surface area contributed by atoms with Crippen LogP contribution in [0.5, 0.6) is 0 Å². The molecule has 1 heterocycles. The molecule has 0 radical (unpaired) electrons. The fourth-order valence-electron chi connectivity index (χ4n) is 1.99. The molecule has 0 saturated heterocycles. The number of hydrogen-bond donors (Lipinski definition) is 1. The third-order valence-electron chi connectivity index (χ3n) is 3.14. The number of amides is 1. The normalized spacial score (nSPS) is 10.6. The molecular weight excluding hydrogens is 272 g/mol. The predicted molar refractivity (Wildman–Crippen MR) is 81.0 cm³/mol. The minimum atomic E-state index is -0.127. The lowest BCUT2D eigenvalue weighted by molar-refractivity contribution is 0.0727. The molecule has 2 rings (SSSR count). The number of aliphatic hydroxyl groups is 1. The van der Waals surface area contributed by atoms with Crippen LogP contribution in [-0.4, -0.2) is 40.6 Å². The molecule has 0 spiro atoms. The fraction of sp³-hybridized carbons (Fsp3) is 0.333. The molecule has 0 aliphatic carbocycles. The van der Waals surface area contributed by atoms with Gasteiger partial charge < -0.3 is 10.0 Å². The molecule has 1 aromatic carbocycles. The van der Waals surface area contributed by atoms with Crippen LogP contribution in [0.25, 0.3) is 10.6 Å². The maximum absolute atomic E-state index is 12.3. The average molecular weight is 290 g/mol. The van der Waals surface area contributed by atoms with Gasteiger partial charge >= 0.3 is 0 Å². The Hall–Kier alpha value is -1.72. The van der Waals surface area contributed by atoms with Gasteiger partial charge in [-0.25, -0.2) is 4.98 Å². The number of thiazole rings is 1. The summed E-state index contributed by atoms with van der Waals surface area (Å²) in [5.41, 5.74) is 2.65. The van der Waals surface area contributed by atoms with E-state index in [-0.39, 0.29) is 12.5 Å². The van der Waals surface area contributed by atoms with Crippen molar-refractivity contribution in [3.63, 3.8) is 0 Å². The number of aryl methyl sites for hydroxylation is 1. The standard InChI is InChI=1S/C15H18N2O2S/c1-3-17(8-9-18)15(19)13-10-20-14(16-13)12-7-5-4-6-11(12)2/h4-7,10,18H,3,8-9H2,1-2H3. The molecule has 0 aliphatic heterocycles. The van der Waals surface area contributed by atoms with Gasteiger partial charge in [0.15, 0.2) is 0 Å². The summed E-state index contributed by atoms with van der Waals surface area (Å²) in [5, 5.41) is 11.6. The zero-order valence-electron chi connectivity index (χ0n) is 11.7. The molecule has 1 amide bonds. The molecule has 0 atom stereocenters. The highest BCUT2D eigenvalue weighted by Crippen LogP contribution is 2.26. The molecule has 4 nitrogen and oxygen atoms in total. The van der Waals surface area contributed by atoms with Gasteiger partial charge in [-0.05, 0) is 19.4 Å². The Bertz CT molecular complexity index is 595. The maximum atomic E-state index is 12.3. The van der Waals surface area contributed by atoms with E-state index >= 15 is 0 Å². The van der Waals surface area contributed by atoms with E-state index < -0.39 is 0 Å². The van der Waals surface area contributed by atoms with Crippen LogP contribution in [0.2, 0.25) is 0 Å². The summed E-state index contributed by atoms with van der Waals surface area (Å²) in [4.78, 5) is 18.3. The second-order valence-corrected chi connectivity index (χ2v) is 5.32. The van der Waals surface area contributed by atoms with Crippen molar-refractivity contribution in [1.29, 1.82) is 0 Å². The summed E-state index contributed by atoms with van der Waals surface area (Å²) in [7, 11) is 0. The minimum absolute atomic E-state index is 0.0334. The summed E-state index contributed by atoms with van der Waals surface area (Å²) >= 11 is 1.47. The number of carbonyl (C=O) groups is 1. The van der Waals surface area contributed by atoms with Crippen molar-refractivity contribution in [2.75, 3.05) is 19.7 Å². The van der Waals surface area contributed by atoms with Crippen LogP contribution in [0.15, 0.2) is 29.6 Å². The smallest absolute Gasteiger partial charge is 0.273 e. The van der Waals surface area contributed by atoms with Crippen LogP contribution in [0.1, 0.15) is 23.0 Å². The van der Waals surface area contributed by atoms with E-state index in [2.05, 4.69) is 4.98 Å². The number of rotatable bonds is 5. The first-order chi connectivity index (χ1) is 9.67.